The molecule has 29 heavy (non-hydrogen) atoms. The fraction of sp³-hybridized carbons (Fsp3) is 0.500. The van der Waals surface area contributed by atoms with Crippen LogP contribution in [-0.4, -0.2) is 36.9 Å². The molecule has 158 valence electrons. The Morgan fingerprint density at radius 2 is 1.90 bits per heavy atom. The van der Waals surface area contributed by atoms with Crippen LogP contribution >= 0.6 is 11.6 Å². The van der Waals surface area contributed by atoms with Gasteiger partial charge in [0.15, 0.2) is 5.76 Å². The minimum atomic E-state index is -3.63. The standard InChI is InChI=1S/C20H26ClN3O4S/c1-13(20(25)22-12-16-4-6-18(21)7-5-16)17-8-10-24(11-9-17)29(26,27)19-14(2)23-28-15(19)3/h4-7,13,17H,8-12H2,1-3H3,(H,22,25)/t13-/m0/s1. The maximum Gasteiger partial charge on any atom is 0.248 e. The van der Waals surface area contributed by atoms with E-state index in [4.69, 9.17) is 16.1 Å². The summed E-state index contributed by atoms with van der Waals surface area (Å²) in [5.41, 5.74) is 1.36. The van der Waals surface area contributed by atoms with Gasteiger partial charge in [0.1, 0.15) is 10.6 Å². The molecule has 0 spiro atoms. The van der Waals surface area contributed by atoms with Crippen LogP contribution in [0.3, 0.4) is 0 Å². The van der Waals surface area contributed by atoms with Gasteiger partial charge in [0.25, 0.3) is 0 Å². The van der Waals surface area contributed by atoms with E-state index in [1.807, 2.05) is 19.1 Å². The molecule has 2 aromatic rings. The molecule has 9 heteroatoms. The quantitative estimate of drug-likeness (QED) is 0.745. The first-order valence-corrected chi connectivity index (χ1v) is 11.5. The highest BCUT2D eigenvalue weighted by molar-refractivity contribution is 7.89. The number of carbonyl (C=O) groups excluding carboxylic acids is 1. The summed E-state index contributed by atoms with van der Waals surface area (Å²) in [4.78, 5) is 12.7. The molecule has 0 bridgehead atoms. The van der Waals surface area contributed by atoms with Gasteiger partial charge in [-0.25, -0.2) is 8.42 Å². The van der Waals surface area contributed by atoms with E-state index in [1.165, 1.54) is 4.31 Å². The zero-order valence-corrected chi connectivity index (χ0v) is 18.4. The zero-order chi connectivity index (χ0) is 21.2. The van der Waals surface area contributed by atoms with Crippen molar-refractivity contribution in [1.82, 2.24) is 14.8 Å². The Bertz CT molecular complexity index is 945. The summed E-state index contributed by atoms with van der Waals surface area (Å²) in [5.74, 6) is 0.231. The monoisotopic (exact) mass is 439 g/mol. The molecule has 1 aromatic carbocycles. The van der Waals surface area contributed by atoms with Gasteiger partial charge in [0, 0.05) is 30.6 Å². The van der Waals surface area contributed by atoms with Crippen LogP contribution in [0.15, 0.2) is 33.7 Å². The number of aryl methyl sites for hydroxylation is 2. The summed E-state index contributed by atoms with van der Waals surface area (Å²) in [6.45, 7) is 6.34. The van der Waals surface area contributed by atoms with Gasteiger partial charge < -0.3 is 9.84 Å². The summed E-state index contributed by atoms with van der Waals surface area (Å²) < 4.78 is 32.3. The van der Waals surface area contributed by atoms with Crippen LogP contribution in [0, 0.1) is 25.7 Å². The van der Waals surface area contributed by atoms with Crippen molar-refractivity contribution < 1.29 is 17.7 Å². The zero-order valence-electron chi connectivity index (χ0n) is 16.8. The molecule has 3 rings (SSSR count). The molecule has 0 saturated carbocycles. The fourth-order valence-electron chi connectivity index (χ4n) is 3.75. The van der Waals surface area contributed by atoms with Gasteiger partial charge in [-0.05, 0) is 50.3 Å². The largest absolute Gasteiger partial charge is 0.360 e. The first-order valence-electron chi connectivity index (χ1n) is 9.65. The number of nitrogens with zero attached hydrogens (tertiary/aromatic N) is 2. The molecular weight excluding hydrogens is 414 g/mol. The number of amides is 1. The van der Waals surface area contributed by atoms with Crippen molar-refractivity contribution in [2.45, 2.75) is 45.1 Å². The molecule has 1 aromatic heterocycles. The van der Waals surface area contributed by atoms with E-state index in [9.17, 15) is 13.2 Å². The molecular formula is C20H26ClN3O4S. The van der Waals surface area contributed by atoms with Crippen LogP contribution in [0.2, 0.25) is 5.02 Å². The van der Waals surface area contributed by atoms with Gasteiger partial charge in [-0.3, -0.25) is 4.79 Å². The normalized spacial score (nSPS) is 17.2. The van der Waals surface area contributed by atoms with Crippen LogP contribution in [0.25, 0.3) is 0 Å². The number of hydrogen-bond donors (Lipinski definition) is 1. The molecule has 0 aliphatic carbocycles. The number of halogens is 1. The number of benzene rings is 1. The number of aromatic nitrogens is 1. The highest BCUT2D eigenvalue weighted by Crippen LogP contribution is 2.30. The predicted molar refractivity (Wildman–Crippen MR) is 110 cm³/mol. The van der Waals surface area contributed by atoms with E-state index in [1.54, 1.807) is 26.0 Å². The van der Waals surface area contributed by atoms with Gasteiger partial charge in [-0.15, -0.1) is 0 Å². The van der Waals surface area contributed by atoms with E-state index < -0.39 is 10.0 Å². The van der Waals surface area contributed by atoms with E-state index in [0.29, 0.717) is 49.0 Å². The average Bonchev–Trinajstić information content (AvgIpc) is 3.05. The maximum atomic E-state index is 12.9. The van der Waals surface area contributed by atoms with Crippen molar-refractivity contribution in [3.8, 4) is 0 Å². The first kappa shape index (κ1) is 21.8. The molecule has 1 aliphatic rings. The highest BCUT2D eigenvalue weighted by Gasteiger charge is 2.36. The van der Waals surface area contributed by atoms with Crippen molar-refractivity contribution in [3.05, 3.63) is 46.3 Å². The summed E-state index contributed by atoms with van der Waals surface area (Å²) in [6, 6.07) is 7.35. The smallest absolute Gasteiger partial charge is 0.248 e. The SMILES string of the molecule is Cc1noc(C)c1S(=O)(=O)N1CCC([C@H](C)C(=O)NCc2ccc(Cl)cc2)CC1. The second-order valence-corrected chi connectivity index (χ2v) is 9.84. The van der Waals surface area contributed by atoms with Gasteiger partial charge in [0.05, 0.1) is 0 Å². The third kappa shape index (κ3) is 4.82. The van der Waals surface area contributed by atoms with Crippen molar-refractivity contribution in [2.75, 3.05) is 13.1 Å². The van der Waals surface area contributed by atoms with Crippen LogP contribution < -0.4 is 5.32 Å². The number of nitrogens with one attached hydrogen (secondary N) is 1. The van der Waals surface area contributed by atoms with E-state index in [0.717, 1.165) is 5.56 Å². The predicted octanol–water partition coefficient (Wildman–Crippen LogP) is 3.30. The molecule has 7 nitrogen and oxygen atoms in total. The van der Waals surface area contributed by atoms with Crippen molar-refractivity contribution in [1.29, 1.82) is 0 Å². The first-order chi connectivity index (χ1) is 13.7. The molecule has 1 saturated heterocycles. The Morgan fingerprint density at radius 3 is 2.45 bits per heavy atom. The lowest BCUT2D eigenvalue weighted by Crippen LogP contribution is -2.42. The number of carbonyl (C=O) groups is 1. The minimum absolute atomic E-state index is 0.0213. The highest BCUT2D eigenvalue weighted by atomic mass is 35.5. The van der Waals surface area contributed by atoms with Crippen LogP contribution in [-0.2, 0) is 21.4 Å². The van der Waals surface area contributed by atoms with Gasteiger partial charge in [-0.1, -0.05) is 35.8 Å². The molecule has 1 amide bonds. The Balaban J connectivity index is 1.55. The summed E-state index contributed by atoms with van der Waals surface area (Å²) in [5, 5.41) is 7.37. The summed E-state index contributed by atoms with van der Waals surface area (Å²) in [7, 11) is -3.63. The average molecular weight is 440 g/mol. The number of sulfonamides is 1. The molecule has 1 N–H and O–H groups in total. The summed E-state index contributed by atoms with van der Waals surface area (Å²) >= 11 is 5.88. The van der Waals surface area contributed by atoms with Crippen molar-refractivity contribution >= 4 is 27.5 Å². The van der Waals surface area contributed by atoms with E-state index in [-0.39, 0.29) is 22.6 Å². The molecule has 1 aliphatic heterocycles. The third-order valence-corrected chi connectivity index (χ3v) is 7.96. The number of rotatable bonds is 6. The van der Waals surface area contributed by atoms with Gasteiger partial charge in [-0.2, -0.15) is 4.31 Å². The van der Waals surface area contributed by atoms with Gasteiger partial charge >= 0.3 is 0 Å². The molecule has 2 heterocycles. The van der Waals surface area contributed by atoms with E-state index in [2.05, 4.69) is 10.5 Å². The van der Waals surface area contributed by atoms with Crippen LogP contribution in [0.4, 0.5) is 0 Å². The second-order valence-electron chi connectivity index (χ2n) is 7.53. The molecule has 0 radical (unpaired) electrons. The third-order valence-electron chi connectivity index (χ3n) is 5.56. The lowest BCUT2D eigenvalue weighted by Gasteiger charge is -2.33. The lowest BCUT2D eigenvalue weighted by atomic mass is 9.85. The second kappa shape index (κ2) is 8.85. The van der Waals surface area contributed by atoms with E-state index >= 15 is 0 Å². The van der Waals surface area contributed by atoms with Crippen LogP contribution in [0.1, 0.15) is 36.8 Å². The topological polar surface area (TPSA) is 92.5 Å². The van der Waals surface area contributed by atoms with Crippen molar-refractivity contribution in [2.24, 2.45) is 11.8 Å². The van der Waals surface area contributed by atoms with Crippen molar-refractivity contribution in [3.63, 3.8) is 0 Å². The number of hydrogen-bond acceptors (Lipinski definition) is 5. The number of piperidine rings is 1. The molecule has 0 unspecified atom stereocenters. The van der Waals surface area contributed by atoms with Gasteiger partial charge in [0.2, 0.25) is 15.9 Å². The van der Waals surface area contributed by atoms with Crippen LogP contribution in [0.5, 0.6) is 0 Å². The Morgan fingerprint density at radius 1 is 1.28 bits per heavy atom. The Kier molecular flexibility index (Phi) is 6.65. The Labute approximate surface area is 176 Å². The minimum Gasteiger partial charge on any atom is -0.360 e. The maximum absolute atomic E-state index is 12.9. The lowest BCUT2D eigenvalue weighted by molar-refractivity contribution is -0.126. The molecule has 1 atom stereocenters. The Hall–Kier alpha value is -1.90. The molecule has 1 fully saturated rings. The fourth-order valence-corrected chi connectivity index (χ4v) is 5.64. The summed E-state index contributed by atoms with van der Waals surface area (Å²) in [6.07, 6.45) is 1.27.